The maximum absolute atomic E-state index is 12.0. The second-order valence-electron chi connectivity index (χ2n) is 4.77. The molecule has 100 valence electrons. The van der Waals surface area contributed by atoms with Gasteiger partial charge in [-0.3, -0.25) is 4.79 Å². The Morgan fingerprint density at radius 2 is 2.00 bits per heavy atom. The highest BCUT2D eigenvalue weighted by atomic mass is 79.9. The molecule has 0 heterocycles. The normalized spacial score (nSPS) is 10.7. The van der Waals surface area contributed by atoms with Crippen molar-refractivity contribution in [3.63, 3.8) is 0 Å². The Labute approximate surface area is 126 Å². The molecule has 1 aromatic rings. The monoisotopic (exact) mass is 375 g/mol. The Morgan fingerprint density at radius 1 is 1.28 bits per heavy atom. The maximum atomic E-state index is 12.0. The predicted molar refractivity (Wildman–Crippen MR) is 82.9 cm³/mol. The molecule has 0 spiro atoms. The highest BCUT2D eigenvalue weighted by Crippen LogP contribution is 2.21. The number of carbonyl (C=O) groups is 1. The summed E-state index contributed by atoms with van der Waals surface area (Å²) < 4.78 is 1.74. The van der Waals surface area contributed by atoms with Gasteiger partial charge >= 0.3 is 0 Å². The van der Waals surface area contributed by atoms with Crippen LogP contribution in [0.5, 0.6) is 0 Å². The molecular formula is C14H19Br2NO. The molecule has 0 aliphatic carbocycles. The minimum absolute atomic E-state index is 0.0206. The standard InChI is InChI=1S/C14H19Br2NO/c1-10(2)5-3-4-8-17-14(18)12-9-11(15)6-7-13(12)16/h6-7,9-10H,3-5,8H2,1-2H3,(H,17,18). The lowest BCUT2D eigenvalue weighted by Gasteiger charge is -2.08. The number of rotatable bonds is 6. The number of benzene rings is 1. The van der Waals surface area contributed by atoms with E-state index in [1.54, 1.807) is 0 Å². The van der Waals surface area contributed by atoms with Gasteiger partial charge in [0.25, 0.3) is 5.91 Å². The van der Waals surface area contributed by atoms with Crippen LogP contribution in [0, 0.1) is 5.92 Å². The van der Waals surface area contributed by atoms with E-state index < -0.39 is 0 Å². The van der Waals surface area contributed by atoms with Gasteiger partial charge in [0.15, 0.2) is 0 Å². The Hall–Kier alpha value is -0.350. The average Bonchev–Trinajstić information content (AvgIpc) is 2.31. The van der Waals surface area contributed by atoms with E-state index in [-0.39, 0.29) is 5.91 Å². The molecule has 1 aromatic carbocycles. The molecule has 4 heteroatoms. The molecule has 2 nitrogen and oxygen atoms in total. The molecule has 0 unspecified atom stereocenters. The molecule has 0 saturated heterocycles. The molecule has 1 amide bonds. The molecule has 0 aromatic heterocycles. The predicted octanol–water partition coefficient (Wildman–Crippen LogP) is 4.77. The first-order chi connectivity index (χ1) is 8.50. The number of halogens is 2. The van der Waals surface area contributed by atoms with Crippen LogP contribution in [0.3, 0.4) is 0 Å². The van der Waals surface area contributed by atoms with Crippen molar-refractivity contribution in [3.05, 3.63) is 32.7 Å². The van der Waals surface area contributed by atoms with Crippen molar-refractivity contribution >= 4 is 37.8 Å². The van der Waals surface area contributed by atoms with Crippen LogP contribution in [0.1, 0.15) is 43.5 Å². The molecule has 0 radical (unpaired) electrons. The Bertz CT molecular complexity index is 405. The summed E-state index contributed by atoms with van der Waals surface area (Å²) in [4.78, 5) is 12.0. The molecule has 0 fully saturated rings. The highest BCUT2D eigenvalue weighted by Gasteiger charge is 2.09. The quantitative estimate of drug-likeness (QED) is 0.712. The smallest absolute Gasteiger partial charge is 0.252 e. The van der Waals surface area contributed by atoms with Gasteiger partial charge in [-0.15, -0.1) is 0 Å². The fourth-order valence-electron chi connectivity index (χ4n) is 1.65. The van der Waals surface area contributed by atoms with Crippen LogP contribution >= 0.6 is 31.9 Å². The fourth-order valence-corrected chi connectivity index (χ4v) is 2.43. The average molecular weight is 377 g/mol. The first kappa shape index (κ1) is 15.7. The van der Waals surface area contributed by atoms with E-state index >= 15 is 0 Å². The van der Waals surface area contributed by atoms with E-state index in [9.17, 15) is 4.79 Å². The molecule has 18 heavy (non-hydrogen) atoms. The van der Waals surface area contributed by atoms with Crippen molar-refractivity contribution in [2.75, 3.05) is 6.54 Å². The lowest BCUT2D eigenvalue weighted by Crippen LogP contribution is -2.24. The SMILES string of the molecule is CC(C)CCCCNC(=O)c1cc(Br)ccc1Br. The summed E-state index contributed by atoms with van der Waals surface area (Å²) in [5, 5.41) is 2.95. The van der Waals surface area contributed by atoms with Crippen molar-refractivity contribution in [3.8, 4) is 0 Å². The van der Waals surface area contributed by atoms with Gasteiger partial charge in [-0.05, 0) is 46.5 Å². The number of hydrogen-bond donors (Lipinski definition) is 1. The largest absolute Gasteiger partial charge is 0.352 e. The van der Waals surface area contributed by atoms with E-state index in [1.807, 2.05) is 18.2 Å². The van der Waals surface area contributed by atoms with E-state index in [2.05, 4.69) is 51.0 Å². The van der Waals surface area contributed by atoms with Crippen LogP contribution in [0.25, 0.3) is 0 Å². The lowest BCUT2D eigenvalue weighted by molar-refractivity contribution is 0.0952. The Balaban J connectivity index is 2.39. The third kappa shape index (κ3) is 5.53. The van der Waals surface area contributed by atoms with Crippen LogP contribution in [-0.2, 0) is 0 Å². The van der Waals surface area contributed by atoms with Gasteiger partial charge in [0.2, 0.25) is 0 Å². The molecule has 0 aliphatic heterocycles. The minimum Gasteiger partial charge on any atom is -0.352 e. The number of nitrogens with one attached hydrogen (secondary N) is 1. The van der Waals surface area contributed by atoms with E-state index in [1.165, 1.54) is 6.42 Å². The fraction of sp³-hybridized carbons (Fsp3) is 0.500. The zero-order chi connectivity index (χ0) is 13.5. The van der Waals surface area contributed by atoms with Gasteiger partial charge in [0, 0.05) is 15.5 Å². The Morgan fingerprint density at radius 3 is 2.67 bits per heavy atom. The van der Waals surface area contributed by atoms with Gasteiger partial charge in [0.05, 0.1) is 5.56 Å². The van der Waals surface area contributed by atoms with Crippen LogP contribution in [0.2, 0.25) is 0 Å². The summed E-state index contributed by atoms with van der Waals surface area (Å²) in [6, 6.07) is 5.61. The molecule has 0 aliphatic rings. The third-order valence-electron chi connectivity index (χ3n) is 2.67. The maximum Gasteiger partial charge on any atom is 0.252 e. The van der Waals surface area contributed by atoms with Gasteiger partial charge in [0.1, 0.15) is 0 Å². The van der Waals surface area contributed by atoms with Crippen LogP contribution in [-0.4, -0.2) is 12.5 Å². The number of carbonyl (C=O) groups excluding carboxylic acids is 1. The molecule has 1 rings (SSSR count). The first-order valence-corrected chi connectivity index (χ1v) is 7.82. The minimum atomic E-state index is -0.0206. The van der Waals surface area contributed by atoms with Crippen molar-refractivity contribution in [1.29, 1.82) is 0 Å². The molecular weight excluding hydrogens is 358 g/mol. The number of unbranched alkanes of at least 4 members (excludes halogenated alkanes) is 1. The molecule has 1 N–H and O–H groups in total. The van der Waals surface area contributed by atoms with Gasteiger partial charge in [-0.25, -0.2) is 0 Å². The second-order valence-corrected chi connectivity index (χ2v) is 6.54. The summed E-state index contributed by atoms with van der Waals surface area (Å²) in [6.07, 6.45) is 3.42. The van der Waals surface area contributed by atoms with Gasteiger partial charge < -0.3 is 5.32 Å². The lowest BCUT2D eigenvalue weighted by atomic mass is 10.1. The summed E-state index contributed by atoms with van der Waals surface area (Å²) in [6.45, 7) is 5.18. The second kappa shape index (κ2) is 7.95. The van der Waals surface area contributed by atoms with E-state index in [0.29, 0.717) is 5.56 Å². The molecule has 0 atom stereocenters. The number of amides is 1. The van der Waals surface area contributed by atoms with Crippen LogP contribution in [0.4, 0.5) is 0 Å². The van der Waals surface area contributed by atoms with Crippen molar-refractivity contribution in [1.82, 2.24) is 5.32 Å². The van der Waals surface area contributed by atoms with Crippen molar-refractivity contribution in [2.24, 2.45) is 5.92 Å². The van der Waals surface area contributed by atoms with Crippen LogP contribution in [0.15, 0.2) is 27.1 Å². The van der Waals surface area contributed by atoms with E-state index in [4.69, 9.17) is 0 Å². The number of hydrogen-bond acceptors (Lipinski definition) is 1. The van der Waals surface area contributed by atoms with Crippen molar-refractivity contribution < 1.29 is 4.79 Å². The summed E-state index contributed by atoms with van der Waals surface area (Å²) in [7, 11) is 0. The third-order valence-corrected chi connectivity index (χ3v) is 3.85. The molecule has 0 saturated carbocycles. The van der Waals surface area contributed by atoms with Gasteiger partial charge in [-0.2, -0.15) is 0 Å². The zero-order valence-electron chi connectivity index (χ0n) is 10.8. The summed E-state index contributed by atoms with van der Waals surface area (Å²) in [5.74, 6) is 0.715. The van der Waals surface area contributed by atoms with Gasteiger partial charge in [-0.1, -0.05) is 42.6 Å². The van der Waals surface area contributed by atoms with Crippen LogP contribution < -0.4 is 5.32 Å². The zero-order valence-corrected chi connectivity index (χ0v) is 14.0. The Kier molecular flexibility index (Phi) is 6.94. The highest BCUT2D eigenvalue weighted by molar-refractivity contribution is 9.11. The van der Waals surface area contributed by atoms with Crippen molar-refractivity contribution in [2.45, 2.75) is 33.1 Å². The topological polar surface area (TPSA) is 29.1 Å². The first-order valence-electron chi connectivity index (χ1n) is 6.24. The summed E-state index contributed by atoms with van der Waals surface area (Å²) in [5.41, 5.74) is 0.674. The van der Waals surface area contributed by atoms with E-state index in [0.717, 1.165) is 34.2 Å². The molecule has 0 bridgehead atoms. The summed E-state index contributed by atoms with van der Waals surface area (Å²) >= 11 is 6.76.